The van der Waals surface area contributed by atoms with Gasteiger partial charge in [-0.2, -0.15) is 0 Å². The molecule has 0 fully saturated rings. The second-order valence-corrected chi connectivity index (χ2v) is 3.61. The molecule has 0 aromatic heterocycles. The molecule has 0 aliphatic rings. The molecule has 1 N–H and O–H groups in total. The number of rotatable bonds is 2. The molecular weight excluding hydrogens is 268 g/mol. The summed E-state index contributed by atoms with van der Waals surface area (Å²) in [4.78, 5) is 0. The van der Waals surface area contributed by atoms with Crippen LogP contribution in [0.5, 0.6) is 0 Å². The first kappa shape index (κ1) is 16.2. The van der Waals surface area contributed by atoms with E-state index in [-0.39, 0.29) is 18.9 Å². The van der Waals surface area contributed by atoms with Crippen molar-refractivity contribution in [1.29, 1.82) is 0 Å². The molecule has 0 saturated carbocycles. The van der Waals surface area contributed by atoms with E-state index in [4.69, 9.17) is 0 Å². The Labute approximate surface area is 104 Å². The van der Waals surface area contributed by atoms with Crippen LogP contribution in [0.3, 0.4) is 0 Å². The molecule has 17 heavy (non-hydrogen) atoms. The molecule has 0 unspecified atom stereocenters. The number of halogens is 5. The van der Waals surface area contributed by atoms with Crippen LogP contribution < -0.4 is 23.6 Å². The minimum atomic E-state index is -5.40. The van der Waals surface area contributed by atoms with Crippen LogP contribution >= 0.6 is 0 Å². The predicted molar refractivity (Wildman–Crippen MR) is 39.6 cm³/mol. The summed E-state index contributed by atoms with van der Waals surface area (Å²) in [5, 5.41) is 0. The molecule has 4 nitrogen and oxygen atoms in total. The van der Waals surface area contributed by atoms with Gasteiger partial charge in [-0.3, -0.25) is 4.72 Å². The van der Waals surface area contributed by atoms with Crippen LogP contribution in [-0.2, 0) is 10.3 Å². The van der Waals surface area contributed by atoms with Crippen LogP contribution in [0.1, 0.15) is 0 Å². The molecule has 1 aromatic carbocycles. The maximum absolute atomic E-state index is 12.7. The summed E-state index contributed by atoms with van der Waals surface area (Å²) in [6.07, 6.45) is 0. The van der Waals surface area contributed by atoms with Crippen LogP contribution in [0.15, 0.2) is 0 Å². The summed E-state index contributed by atoms with van der Waals surface area (Å²) in [7, 11) is -5.40. The fourth-order valence-electron chi connectivity index (χ4n) is 0.820. The summed E-state index contributed by atoms with van der Waals surface area (Å²) < 4.78 is 93.8. The molecule has 90 valence electrons. The van der Waals surface area contributed by atoms with Gasteiger partial charge in [-0.25, -0.2) is 30.4 Å². The van der Waals surface area contributed by atoms with E-state index >= 15 is 0 Å². The maximum atomic E-state index is 12.7. The number of hydrogen-bond donors (Lipinski definition) is 1. The topological polar surface area (TPSA) is 69.2 Å². The molecule has 0 aliphatic carbocycles. The minimum absolute atomic E-state index is 0. The first-order valence-corrected chi connectivity index (χ1v) is 4.81. The van der Waals surface area contributed by atoms with Gasteiger partial charge in [0.25, 0.3) is 0 Å². The van der Waals surface area contributed by atoms with E-state index in [1.54, 1.807) is 0 Å². The molecule has 11 heteroatoms. The molecule has 1 rings (SSSR count). The van der Waals surface area contributed by atoms with Gasteiger partial charge in [-0.05, 0) is 0 Å². The predicted octanol–water partition coefficient (Wildman–Crippen LogP) is -1.74. The molecule has 0 bridgehead atoms. The zero-order valence-corrected chi connectivity index (χ0v) is 8.84. The van der Waals surface area contributed by atoms with E-state index in [0.717, 1.165) is 0 Å². The number of nitrogens with one attached hydrogen (secondary N) is 1. The van der Waals surface area contributed by atoms with Crippen molar-refractivity contribution in [1.82, 2.24) is 0 Å². The minimum Gasteiger partial charge on any atom is -0.731 e. The van der Waals surface area contributed by atoms with Gasteiger partial charge < -0.3 is 4.55 Å². The Morgan fingerprint density at radius 3 is 1.41 bits per heavy atom. The first-order valence-electron chi connectivity index (χ1n) is 3.40. The third kappa shape index (κ3) is 3.32. The Balaban J connectivity index is 0.00000256. The van der Waals surface area contributed by atoms with E-state index in [2.05, 4.69) is 0 Å². The fourth-order valence-corrected chi connectivity index (χ4v) is 1.25. The Morgan fingerprint density at radius 1 is 0.824 bits per heavy atom. The van der Waals surface area contributed by atoms with E-state index in [0.29, 0.717) is 4.72 Å². The van der Waals surface area contributed by atoms with Gasteiger partial charge in [0.1, 0.15) is 5.69 Å². The summed E-state index contributed by atoms with van der Waals surface area (Å²) in [6, 6.07) is 0. The second kappa shape index (κ2) is 5.22. The molecule has 0 atom stereocenters. The normalized spacial score (nSPS) is 10.9. The summed E-state index contributed by atoms with van der Waals surface area (Å²) in [5.41, 5.74) is -1.91. The molecule has 1 aromatic rings. The standard InChI is InChI=1S/C6H2F5NO3S.Li/c7-1-2(8)4(10)6(5(11)3(1)9)12-16(13,14)15;/h12H,(H,13,14,15);/q;+1/p-1. The molecule has 0 spiro atoms. The van der Waals surface area contributed by atoms with E-state index in [1.165, 1.54) is 0 Å². The average molecular weight is 269 g/mol. The molecule has 0 saturated heterocycles. The van der Waals surface area contributed by atoms with Crippen LogP contribution in [0.4, 0.5) is 27.6 Å². The quantitative estimate of drug-likeness (QED) is 0.228. The van der Waals surface area contributed by atoms with E-state index < -0.39 is 45.1 Å². The van der Waals surface area contributed by atoms with E-state index in [9.17, 15) is 34.9 Å². The summed E-state index contributed by atoms with van der Waals surface area (Å²) in [5.74, 6) is -12.0. The summed E-state index contributed by atoms with van der Waals surface area (Å²) in [6.45, 7) is 0. The van der Waals surface area contributed by atoms with Crippen molar-refractivity contribution in [3.63, 3.8) is 0 Å². The fraction of sp³-hybridized carbons (Fsp3) is 0. The monoisotopic (exact) mass is 269 g/mol. The van der Waals surface area contributed by atoms with Crippen molar-refractivity contribution >= 4 is 16.0 Å². The average Bonchev–Trinajstić information content (AvgIpc) is 2.17. The van der Waals surface area contributed by atoms with Crippen molar-refractivity contribution in [3.8, 4) is 0 Å². The Kier molecular flexibility index (Phi) is 4.97. The largest absolute Gasteiger partial charge is 1.00 e. The van der Waals surface area contributed by atoms with Gasteiger partial charge in [0.15, 0.2) is 33.6 Å². The van der Waals surface area contributed by atoms with Crippen molar-refractivity contribution in [2.75, 3.05) is 4.72 Å². The number of benzene rings is 1. The Morgan fingerprint density at radius 2 is 1.12 bits per heavy atom. The van der Waals surface area contributed by atoms with Gasteiger partial charge in [0, 0.05) is 0 Å². The van der Waals surface area contributed by atoms with Gasteiger partial charge in [-0.1, -0.05) is 0 Å². The Bertz CT molecular complexity index is 520. The first-order chi connectivity index (χ1) is 7.15. The summed E-state index contributed by atoms with van der Waals surface area (Å²) >= 11 is 0. The van der Waals surface area contributed by atoms with Crippen LogP contribution in [0, 0.1) is 29.1 Å². The van der Waals surface area contributed by atoms with Crippen molar-refractivity contribution in [2.24, 2.45) is 0 Å². The smallest absolute Gasteiger partial charge is 0.731 e. The second-order valence-electron chi connectivity index (χ2n) is 2.50. The van der Waals surface area contributed by atoms with Crippen LogP contribution in [0.2, 0.25) is 0 Å². The van der Waals surface area contributed by atoms with Gasteiger partial charge >= 0.3 is 18.9 Å². The molecular formula is C6HF5LiNO3S. The molecule has 0 heterocycles. The third-order valence-corrected chi connectivity index (χ3v) is 1.89. The van der Waals surface area contributed by atoms with Crippen LogP contribution in [0.25, 0.3) is 0 Å². The zero-order chi connectivity index (χ0) is 12.7. The van der Waals surface area contributed by atoms with Gasteiger partial charge in [-0.15, -0.1) is 0 Å². The molecule has 0 amide bonds. The molecule has 0 aliphatic heterocycles. The van der Waals surface area contributed by atoms with Crippen molar-refractivity contribution in [2.45, 2.75) is 0 Å². The zero-order valence-electron chi connectivity index (χ0n) is 8.02. The third-order valence-electron chi connectivity index (χ3n) is 1.44. The van der Waals surface area contributed by atoms with Gasteiger partial charge in [0.2, 0.25) is 5.82 Å². The van der Waals surface area contributed by atoms with Gasteiger partial charge in [0.05, 0.1) is 0 Å². The SMILES string of the molecule is O=S(=O)([O-])Nc1c(F)c(F)c(F)c(F)c1F.[Li+]. The number of hydrogen-bond acceptors (Lipinski definition) is 3. The number of anilines is 1. The maximum Gasteiger partial charge on any atom is 1.00 e. The van der Waals surface area contributed by atoms with Crippen molar-refractivity contribution < 1.29 is 53.8 Å². The van der Waals surface area contributed by atoms with Crippen LogP contribution in [-0.4, -0.2) is 13.0 Å². The Hall–Kier alpha value is -0.823. The molecule has 0 radical (unpaired) electrons. The van der Waals surface area contributed by atoms with Crippen molar-refractivity contribution in [3.05, 3.63) is 29.1 Å². The van der Waals surface area contributed by atoms with E-state index in [1.807, 2.05) is 0 Å².